The van der Waals surface area contributed by atoms with E-state index in [2.05, 4.69) is 109 Å². The van der Waals surface area contributed by atoms with E-state index in [1.54, 1.807) is 28.4 Å². The van der Waals surface area contributed by atoms with E-state index in [1.165, 1.54) is 33.9 Å². The Bertz CT molecular complexity index is 2300. The predicted molar refractivity (Wildman–Crippen MR) is 240 cm³/mol. The van der Waals surface area contributed by atoms with Crippen molar-refractivity contribution in [3.05, 3.63) is 142 Å². The third kappa shape index (κ3) is 8.19. The molecule has 0 unspecified atom stereocenters. The number of allylic oxidation sites excluding steroid dienone is 8. The maximum atomic E-state index is 7.23. The van der Waals surface area contributed by atoms with Crippen LogP contribution in [0.1, 0.15) is 51.7 Å². The van der Waals surface area contributed by atoms with Crippen molar-refractivity contribution in [2.75, 3.05) is 70.3 Å². The van der Waals surface area contributed by atoms with Gasteiger partial charge in [-0.2, -0.15) is 4.58 Å². The second-order valence-corrected chi connectivity index (χ2v) is 16.4. The van der Waals surface area contributed by atoms with Crippen LogP contribution in [0.5, 0.6) is 11.5 Å². The molecule has 302 valence electrons. The lowest BCUT2D eigenvalue weighted by Crippen LogP contribution is -2.28. The van der Waals surface area contributed by atoms with Crippen LogP contribution >= 0.6 is 11.6 Å². The van der Waals surface area contributed by atoms with Crippen LogP contribution in [0.3, 0.4) is 0 Å². The standard InChI is InChI=1S/C49H56ClN4O4/c1-48(2)41-31-37(51-35-13-19-39(57-7)20-14-35)17-23-43(41)53(27-29-55-5)45(48)25-11-33-9-10-34(47(33)50)12-26-46-49(3,4)42-32-38(18-24-44(42)54(46)28-30-56-6)52-36-15-21-40(58-8)22-16-36/h11-26,31-32,51-52H,9-10,27-30H2,1-8H3/q+1. The topological polar surface area (TPSA) is 67.2 Å². The van der Waals surface area contributed by atoms with E-state index in [1.807, 2.05) is 48.5 Å². The molecule has 0 amide bonds. The lowest BCUT2D eigenvalue weighted by atomic mass is 9.81. The van der Waals surface area contributed by atoms with Crippen LogP contribution in [0.4, 0.5) is 34.1 Å². The van der Waals surface area contributed by atoms with Crippen LogP contribution in [-0.4, -0.2) is 65.0 Å². The molecule has 0 spiro atoms. The average molecular weight is 800 g/mol. The molecule has 2 N–H and O–H groups in total. The molecule has 8 nitrogen and oxygen atoms in total. The zero-order chi connectivity index (χ0) is 41.0. The van der Waals surface area contributed by atoms with Crippen molar-refractivity contribution in [1.82, 2.24) is 0 Å². The number of methoxy groups -OCH3 is 4. The molecule has 0 fully saturated rings. The first-order valence-electron chi connectivity index (χ1n) is 20.0. The molecule has 7 rings (SSSR count). The fourth-order valence-electron chi connectivity index (χ4n) is 8.40. The highest BCUT2D eigenvalue weighted by molar-refractivity contribution is 6.33. The van der Waals surface area contributed by atoms with Gasteiger partial charge < -0.3 is 34.5 Å². The summed E-state index contributed by atoms with van der Waals surface area (Å²) < 4.78 is 24.2. The number of anilines is 5. The van der Waals surface area contributed by atoms with Crippen LogP contribution in [0, 0.1) is 0 Å². The molecule has 0 aromatic heterocycles. The Kier molecular flexibility index (Phi) is 12.2. The maximum absolute atomic E-state index is 7.23. The highest BCUT2D eigenvalue weighted by atomic mass is 35.5. The van der Waals surface area contributed by atoms with E-state index in [0.717, 1.165) is 76.4 Å². The number of benzene rings is 4. The number of nitrogens with zero attached hydrogens (tertiary/aromatic N) is 2. The molecule has 58 heavy (non-hydrogen) atoms. The first-order chi connectivity index (χ1) is 28.0. The number of rotatable bonds is 15. The van der Waals surface area contributed by atoms with Crippen molar-refractivity contribution in [3.63, 3.8) is 0 Å². The van der Waals surface area contributed by atoms with Crippen molar-refractivity contribution < 1.29 is 23.5 Å². The highest BCUT2D eigenvalue weighted by Gasteiger charge is 2.45. The maximum Gasteiger partial charge on any atom is 0.210 e. The van der Waals surface area contributed by atoms with Crippen LogP contribution < -0.4 is 25.0 Å². The molecule has 1 aliphatic carbocycles. The molecular weight excluding hydrogens is 744 g/mol. The molecule has 0 saturated heterocycles. The van der Waals surface area contributed by atoms with Gasteiger partial charge in [0.25, 0.3) is 0 Å². The van der Waals surface area contributed by atoms with Gasteiger partial charge in [0.2, 0.25) is 5.69 Å². The Morgan fingerprint density at radius 2 is 1.26 bits per heavy atom. The van der Waals surface area contributed by atoms with Crippen LogP contribution in [0.25, 0.3) is 0 Å². The molecule has 0 radical (unpaired) electrons. The summed E-state index contributed by atoms with van der Waals surface area (Å²) in [6, 6.07) is 29.3. The van der Waals surface area contributed by atoms with Gasteiger partial charge in [-0.3, -0.25) is 0 Å². The summed E-state index contributed by atoms with van der Waals surface area (Å²) in [7, 11) is 6.88. The van der Waals surface area contributed by atoms with Crippen molar-refractivity contribution in [2.45, 2.75) is 51.4 Å². The second-order valence-electron chi connectivity index (χ2n) is 16.0. The first-order valence-corrected chi connectivity index (χ1v) is 20.4. The van der Waals surface area contributed by atoms with E-state index in [-0.39, 0.29) is 10.8 Å². The third-order valence-electron chi connectivity index (χ3n) is 11.7. The molecule has 9 heteroatoms. The SMILES string of the molecule is COCCN1/C(=C\C=C2/CCC(/C=C/C3=[N+](CCOC)c4ccc(Nc5ccc(OC)cc5)cc4C3(C)C)=C2Cl)C(C)(C)c2cc(Nc3ccc(OC)cc3)ccc21. The van der Waals surface area contributed by atoms with Crippen LogP contribution in [0.2, 0.25) is 0 Å². The van der Waals surface area contributed by atoms with Gasteiger partial charge in [0.15, 0.2) is 12.3 Å². The minimum atomic E-state index is -0.245. The first kappa shape index (κ1) is 40.9. The number of fused-ring (bicyclic) bond motifs is 2. The zero-order valence-electron chi connectivity index (χ0n) is 35.0. The Balaban J connectivity index is 1.14. The molecule has 3 aliphatic rings. The molecule has 4 aromatic rings. The monoisotopic (exact) mass is 799 g/mol. The van der Waals surface area contributed by atoms with Gasteiger partial charge in [0.05, 0.1) is 26.2 Å². The van der Waals surface area contributed by atoms with E-state index < -0.39 is 0 Å². The van der Waals surface area contributed by atoms with Gasteiger partial charge in [0.1, 0.15) is 18.1 Å². The summed E-state index contributed by atoms with van der Waals surface area (Å²) in [5.41, 5.74) is 13.3. The lowest BCUT2D eigenvalue weighted by molar-refractivity contribution is -0.441. The fourth-order valence-corrected chi connectivity index (χ4v) is 8.72. The van der Waals surface area contributed by atoms with Crippen molar-refractivity contribution in [2.24, 2.45) is 0 Å². The highest BCUT2D eigenvalue weighted by Crippen LogP contribution is 2.49. The third-order valence-corrected chi connectivity index (χ3v) is 12.2. The van der Waals surface area contributed by atoms with Crippen molar-refractivity contribution in [3.8, 4) is 11.5 Å². The van der Waals surface area contributed by atoms with E-state index in [4.69, 9.17) is 30.5 Å². The quantitative estimate of drug-likeness (QED) is 0.116. The second kappa shape index (κ2) is 17.3. The number of hydrogen-bond acceptors (Lipinski definition) is 7. The molecule has 0 bridgehead atoms. The molecule has 4 aromatic carbocycles. The Morgan fingerprint density at radius 3 is 1.86 bits per heavy atom. The van der Waals surface area contributed by atoms with Gasteiger partial charge in [-0.25, -0.2) is 0 Å². The number of halogens is 1. The molecule has 0 saturated carbocycles. The van der Waals surface area contributed by atoms with Gasteiger partial charge in [0, 0.05) is 83.1 Å². The molecule has 0 atom stereocenters. The number of nitrogens with one attached hydrogen (secondary N) is 2. The number of ether oxygens (including phenoxy) is 4. The van der Waals surface area contributed by atoms with E-state index in [0.29, 0.717) is 13.2 Å². The smallest absolute Gasteiger partial charge is 0.210 e. The Labute approximate surface area is 349 Å². The molecule has 2 heterocycles. The van der Waals surface area contributed by atoms with E-state index >= 15 is 0 Å². The molecule has 2 aliphatic heterocycles. The average Bonchev–Trinajstić information content (AvgIpc) is 3.76. The minimum Gasteiger partial charge on any atom is -0.497 e. The normalized spacial score (nSPS) is 18.1. The largest absolute Gasteiger partial charge is 0.497 e. The summed E-state index contributed by atoms with van der Waals surface area (Å²) >= 11 is 7.23. The minimum absolute atomic E-state index is 0.245. The van der Waals surface area contributed by atoms with Crippen LogP contribution in [-0.2, 0) is 20.3 Å². The van der Waals surface area contributed by atoms with Gasteiger partial charge in [-0.05, 0) is 128 Å². The summed E-state index contributed by atoms with van der Waals surface area (Å²) in [5, 5.41) is 7.98. The Hall–Kier alpha value is -5.28. The summed E-state index contributed by atoms with van der Waals surface area (Å²) in [6.45, 7) is 11.9. The van der Waals surface area contributed by atoms with Crippen LogP contribution in [0.15, 0.2) is 131 Å². The summed E-state index contributed by atoms with van der Waals surface area (Å²) in [6.07, 6.45) is 10.8. The van der Waals surface area contributed by atoms with Crippen molar-refractivity contribution >= 4 is 51.4 Å². The number of hydrogen-bond donors (Lipinski definition) is 2. The molecular formula is C49H56ClN4O4+. The van der Waals surface area contributed by atoms with Crippen molar-refractivity contribution in [1.29, 1.82) is 0 Å². The summed E-state index contributed by atoms with van der Waals surface area (Å²) in [4.78, 5) is 2.39. The predicted octanol–water partition coefficient (Wildman–Crippen LogP) is 11.3. The van der Waals surface area contributed by atoms with E-state index in [9.17, 15) is 0 Å². The van der Waals surface area contributed by atoms with Gasteiger partial charge in [-0.1, -0.05) is 37.6 Å². The Morgan fingerprint density at radius 1 is 0.672 bits per heavy atom. The van der Waals surface area contributed by atoms with Gasteiger partial charge in [-0.15, -0.1) is 0 Å². The van der Waals surface area contributed by atoms with Gasteiger partial charge >= 0.3 is 0 Å². The summed E-state index contributed by atoms with van der Waals surface area (Å²) in [5.74, 6) is 1.67. The lowest BCUT2D eigenvalue weighted by Gasteiger charge is -2.26. The fraction of sp³-hybridized carbons (Fsp3) is 0.327. The zero-order valence-corrected chi connectivity index (χ0v) is 35.8.